The van der Waals surface area contributed by atoms with E-state index >= 15 is 0 Å². The summed E-state index contributed by atoms with van der Waals surface area (Å²) in [7, 11) is 0. The van der Waals surface area contributed by atoms with E-state index in [4.69, 9.17) is 0 Å². The molecule has 0 spiro atoms. The fraction of sp³-hybridized carbons (Fsp3) is 0.152. The Balaban J connectivity index is 1.49. The van der Waals surface area contributed by atoms with Crippen molar-refractivity contribution in [1.29, 1.82) is 5.26 Å². The first-order valence-electron chi connectivity index (χ1n) is 13.3. The van der Waals surface area contributed by atoms with Crippen LogP contribution in [0.25, 0.3) is 5.69 Å². The number of amides is 2. The molecule has 1 heterocycles. The topological polar surface area (TPSA) is 95.6 Å². The van der Waals surface area contributed by atoms with Gasteiger partial charge < -0.3 is 10.6 Å². The molecular weight excluding hydrogens is 528 g/mol. The molecule has 2 amide bonds. The van der Waals surface area contributed by atoms with Gasteiger partial charge in [0.05, 0.1) is 17.7 Å². The Bertz CT molecular complexity index is 1670. The number of carbonyl (C=O) groups excluding carboxylic acids is 1. The zero-order valence-electron chi connectivity index (χ0n) is 22.9. The quantitative estimate of drug-likeness (QED) is 0.187. The van der Waals surface area contributed by atoms with Crippen molar-refractivity contribution in [3.63, 3.8) is 0 Å². The third kappa shape index (κ3) is 7.21. The number of benzene rings is 4. The predicted molar refractivity (Wildman–Crippen MR) is 163 cm³/mol. The SMILES string of the molecule is Cc1ccc(-n2c(SCc3cccc(C)c3)nnc2C(Cc2ccccc2)NC(=O)Nc2cccc(C#N)c2)cc1. The van der Waals surface area contributed by atoms with Crippen LogP contribution in [0, 0.1) is 25.2 Å². The highest BCUT2D eigenvalue weighted by Crippen LogP contribution is 2.29. The molecule has 41 heavy (non-hydrogen) atoms. The first-order chi connectivity index (χ1) is 20.0. The Morgan fingerprint density at radius 2 is 1.63 bits per heavy atom. The minimum Gasteiger partial charge on any atom is -0.327 e. The summed E-state index contributed by atoms with van der Waals surface area (Å²) in [5, 5.41) is 25.2. The van der Waals surface area contributed by atoms with Gasteiger partial charge in [0.15, 0.2) is 11.0 Å². The van der Waals surface area contributed by atoms with E-state index in [9.17, 15) is 10.1 Å². The van der Waals surface area contributed by atoms with Crippen molar-refractivity contribution in [2.75, 3.05) is 5.32 Å². The predicted octanol–water partition coefficient (Wildman–Crippen LogP) is 7.15. The molecule has 1 unspecified atom stereocenters. The number of aryl methyl sites for hydroxylation is 2. The lowest BCUT2D eigenvalue weighted by molar-refractivity contribution is 0.247. The van der Waals surface area contributed by atoms with E-state index in [1.807, 2.05) is 47.0 Å². The first kappa shape index (κ1) is 27.7. The molecule has 1 atom stereocenters. The first-order valence-corrected chi connectivity index (χ1v) is 14.3. The van der Waals surface area contributed by atoms with Crippen LogP contribution < -0.4 is 10.6 Å². The van der Waals surface area contributed by atoms with Crippen LogP contribution in [0.1, 0.15) is 39.7 Å². The Morgan fingerprint density at radius 3 is 2.39 bits per heavy atom. The van der Waals surface area contributed by atoms with Crippen LogP contribution in [0.3, 0.4) is 0 Å². The van der Waals surface area contributed by atoms with Gasteiger partial charge in [0.25, 0.3) is 0 Å². The summed E-state index contributed by atoms with van der Waals surface area (Å²) in [6.45, 7) is 4.14. The lowest BCUT2D eigenvalue weighted by Gasteiger charge is -2.21. The smallest absolute Gasteiger partial charge is 0.319 e. The highest BCUT2D eigenvalue weighted by molar-refractivity contribution is 7.98. The number of urea groups is 1. The average Bonchev–Trinajstić information content (AvgIpc) is 3.41. The zero-order chi connectivity index (χ0) is 28.6. The zero-order valence-corrected chi connectivity index (χ0v) is 23.7. The largest absolute Gasteiger partial charge is 0.327 e. The third-order valence-corrected chi connectivity index (χ3v) is 7.55. The van der Waals surface area contributed by atoms with Gasteiger partial charge in [-0.05, 0) is 55.3 Å². The van der Waals surface area contributed by atoms with Gasteiger partial charge in [-0.15, -0.1) is 10.2 Å². The molecule has 0 saturated carbocycles. The molecule has 0 aliphatic carbocycles. The molecule has 1 aromatic heterocycles. The number of nitrogens with one attached hydrogen (secondary N) is 2. The fourth-order valence-corrected chi connectivity index (χ4v) is 5.44. The maximum Gasteiger partial charge on any atom is 0.319 e. The van der Waals surface area contributed by atoms with Crippen LogP contribution in [0.4, 0.5) is 10.5 Å². The van der Waals surface area contributed by atoms with Crippen molar-refractivity contribution < 1.29 is 4.79 Å². The number of anilines is 1. The Labute approximate surface area is 244 Å². The molecule has 4 aromatic carbocycles. The second kappa shape index (κ2) is 13.0. The highest BCUT2D eigenvalue weighted by atomic mass is 32.2. The summed E-state index contributed by atoms with van der Waals surface area (Å²) in [6, 6.07) is 34.7. The molecule has 2 N–H and O–H groups in total. The van der Waals surface area contributed by atoms with E-state index in [0.29, 0.717) is 23.5 Å². The summed E-state index contributed by atoms with van der Waals surface area (Å²) >= 11 is 1.61. The van der Waals surface area contributed by atoms with Gasteiger partial charge in [0.1, 0.15) is 0 Å². The molecule has 7 nitrogen and oxygen atoms in total. The lowest BCUT2D eigenvalue weighted by Crippen LogP contribution is -2.35. The number of rotatable bonds is 9. The highest BCUT2D eigenvalue weighted by Gasteiger charge is 2.25. The van der Waals surface area contributed by atoms with Gasteiger partial charge in [-0.25, -0.2) is 4.79 Å². The van der Waals surface area contributed by atoms with Gasteiger partial charge in [-0.1, -0.05) is 95.7 Å². The Kier molecular flexibility index (Phi) is 8.77. The molecule has 0 saturated heterocycles. The number of hydrogen-bond donors (Lipinski definition) is 2. The van der Waals surface area contributed by atoms with E-state index in [0.717, 1.165) is 27.7 Å². The third-order valence-electron chi connectivity index (χ3n) is 6.55. The van der Waals surface area contributed by atoms with Crippen molar-refractivity contribution in [2.45, 2.75) is 37.2 Å². The van der Waals surface area contributed by atoms with Crippen LogP contribution in [0.15, 0.2) is 108 Å². The van der Waals surface area contributed by atoms with Crippen LogP contribution >= 0.6 is 11.8 Å². The summed E-state index contributed by atoms with van der Waals surface area (Å²) in [5.41, 5.74) is 6.54. The van der Waals surface area contributed by atoms with Crippen LogP contribution in [0.2, 0.25) is 0 Å². The van der Waals surface area contributed by atoms with Crippen LogP contribution in [-0.4, -0.2) is 20.8 Å². The second-order valence-corrected chi connectivity index (χ2v) is 10.8. The number of carbonyl (C=O) groups is 1. The van der Waals surface area contributed by atoms with E-state index in [2.05, 4.69) is 77.1 Å². The molecule has 0 bridgehead atoms. The van der Waals surface area contributed by atoms with E-state index < -0.39 is 12.1 Å². The molecule has 5 aromatic rings. The summed E-state index contributed by atoms with van der Waals surface area (Å²) in [4.78, 5) is 13.3. The summed E-state index contributed by atoms with van der Waals surface area (Å²) in [6.07, 6.45) is 0.513. The molecule has 0 fully saturated rings. The Hall–Kier alpha value is -4.87. The number of nitriles is 1. The maximum absolute atomic E-state index is 13.3. The summed E-state index contributed by atoms with van der Waals surface area (Å²) < 4.78 is 2.03. The molecule has 204 valence electrons. The molecular formula is C33H30N6OS. The molecule has 0 aliphatic rings. The van der Waals surface area contributed by atoms with Crippen molar-refractivity contribution in [3.05, 3.63) is 137 Å². The lowest BCUT2D eigenvalue weighted by atomic mass is 10.1. The van der Waals surface area contributed by atoms with Crippen molar-refractivity contribution in [3.8, 4) is 11.8 Å². The monoisotopic (exact) mass is 558 g/mol. The number of hydrogen-bond acceptors (Lipinski definition) is 5. The van der Waals surface area contributed by atoms with Gasteiger partial charge >= 0.3 is 6.03 Å². The number of aromatic nitrogens is 3. The van der Waals surface area contributed by atoms with Crippen LogP contribution in [0.5, 0.6) is 0 Å². The van der Waals surface area contributed by atoms with E-state index in [-0.39, 0.29) is 0 Å². The second-order valence-electron chi connectivity index (χ2n) is 9.82. The number of thioether (sulfide) groups is 1. The van der Waals surface area contributed by atoms with E-state index in [1.54, 1.807) is 36.0 Å². The Morgan fingerprint density at radius 1 is 0.878 bits per heavy atom. The van der Waals surface area contributed by atoms with Gasteiger partial charge in [-0.3, -0.25) is 4.57 Å². The number of nitrogens with zero attached hydrogens (tertiary/aromatic N) is 4. The van der Waals surface area contributed by atoms with Crippen molar-refractivity contribution in [2.24, 2.45) is 0 Å². The van der Waals surface area contributed by atoms with Gasteiger partial charge in [-0.2, -0.15) is 5.26 Å². The molecule has 0 aliphatic heterocycles. The van der Waals surface area contributed by atoms with Gasteiger partial charge in [0.2, 0.25) is 0 Å². The standard InChI is InChI=1S/C33H30N6OS/c1-23-14-16-29(17-15-23)39-31(37-38-33(39)41-22-27-12-6-8-24(2)18-27)30(20-25-9-4-3-5-10-25)36-32(40)35-28-13-7-11-26(19-28)21-34/h3-19,30H,20,22H2,1-2H3,(H2,35,36,40). The normalized spacial score (nSPS) is 11.4. The minimum absolute atomic E-state index is 0.395. The van der Waals surface area contributed by atoms with Crippen molar-refractivity contribution >= 4 is 23.5 Å². The minimum atomic E-state index is -0.487. The molecule has 8 heteroatoms. The molecule has 0 radical (unpaired) electrons. The maximum atomic E-state index is 13.3. The van der Waals surface area contributed by atoms with E-state index in [1.165, 1.54) is 11.1 Å². The van der Waals surface area contributed by atoms with Crippen LogP contribution in [-0.2, 0) is 12.2 Å². The van der Waals surface area contributed by atoms with Gasteiger partial charge in [0, 0.05) is 23.5 Å². The fourth-order valence-electron chi connectivity index (χ4n) is 4.54. The van der Waals surface area contributed by atoms with Crippen molar-refractivity contribution in [1.82, 2.24) is 20.1 Å². The average molecular weight is 559 g/mol. The summed E-state index contributed by atoms with van der Waals surface area (Å²) in [5.74, 6) is 1.36. The molecule has 5 rings (SSSR count).